The summed E-state index contributed by atoms with van der Waals surface area (Å²) in [7, 11) is 0. The van der Waals surface area contributed by atoms with Gasteiger partial charge in [-0.15, -0.1) is 22.7 Å². The third-order valence-corrected chi connectivity index (χ3v) is 6.82. The van der Waals surface area contributed by atoms with Crippen molar-refractivity contribution in [3.63, 3.8) is 0 Å². The molecule has 8 heteroatoms. The first-order chi connectivity index (χ1) is 11.9. The SMILES string of the molecule is CCOC(=O)C1(NC(=O)c2sc(-c3ccc(Cl)s3)nc2C)CCCC1. The van der Waals surface area contributed by atoms with Crippen LogP contribution in [0.1, 0.15) is 48.0 Å². The van der Waals surface area contributed by atoms with E-state index in [0.717, 1.165) is 22.7 Å². The molecule has 0 aliphatic heterocycles. The van der Waals surface area contributed by atoms with Gasteiger partial charge in [0.05, 0.1) is 21.5 Å². The number of thiazole rings is 1. The van der Waals surface area contributed by atoms with Crippen LogP contribution in [0.4, 0.5) is 0 Å². The maximum absolute atomic E-state index is 12.8. The molecule has 0 unspecified atom stereocenters. The Hall–Kier alpha value is -1.44. The number of aryl methyl sites for hydroxylation is 1. The fraction of sp³-hybridized carbons (Fsp3) is 0.471. The van der Waals surface area contributed by atoms with E-state index in [2.05, 4.69) is 10.3 Å². The van der Waals surface area contributed by atoms with Crippen LogP contribution < -0.4 is 5.32 Å². The van der Waals surface area contributed by atoms with E-state index in [9.17, 15) is 9.59 Å². The minimum Gasteiger partial charge on any atom is -0.464 e. The van der Waals surface area contributed by atoms with Crippen molar-refractivity contribution in [1.29, 1.82) is 0 Å². The zero-order valence-electron chi connectivity index (χ0n) is 14.1. The number of thiophene rings is 1. The Morgan fingerprint density at radius 2 is 2.04 bits per heavy atom. The average molecular weight is 399 g/mol. The lowest BCUT2D eigenvalue weighted by Crippen LogP contribution is -2.53. The number of rotatable bonds is 5. The van der Waals surface area contributed by atoms with Gasteiger partial charge >= 0.3 is 5.97 Å². The predicted octanol–water partition coefficient (Wildman–Crippen LogP) is 4.44. The monoisotopic (exact) mass is 398 g/mol. The molecule has 0 atom stereocenters. The van der Waals surface area contributed by atoms with Gasteiger partial charge in [0.1, 0.15) is 15.4 Å². The highest BCUT2D eigenvalue weighted by Gasteiger charge is 2.44. The zero-order valence-corrected chi connectivity index (χ0v) is 16.4. The highest BCUT2D eigenvalue weighted by Crippen LogP contribution is 2.36. The highest BCUT2D eigenvalue weighted by molar-refractivity contribution is 7.24. The second kappa shape index (κ2) is 7.43. The van der Waals surface area contributed by atoms with E-state index < -0.39 is 5.54 Å². The number of halogens is 1. The van der Waals surface area contributed by atoms with Gasteiger partial charge in [0.25, 0.3) is 5.91 Å². The van der Waals surface area contributed by atoms with Crippen molar-refractivity contribution in [1.82, 2.24) is 10.3 Å². The van der Waals surface area contributed by atoms with E-state index in [0.29, 0.717) is 34.4 Å². The molecule has 1 amide bonds. The Kier molecular flexibility index (Phi) is 5.46. The Morgan fingerprint density at radius 3 is 2.64 bits per heavy atom. The van der Waals surface area contributed by atoms with Gasteiger partial charge in [0, 0.05) is 0 Å². The molecule has 1 aliphatic carbocycles. The minimum absolute atomic E-state index is 0.265. The summed E-state index contributed by atoms with van der Waals surface area (Å²) < 4.78 is 5.88. The van der Waals surface area contributed by atoms with E-state index in [1.165, 1.54) is 22.7 Å². The number of carbonyl (C=O) groups is 2. The summed E-state index contributed by atoms with van der Waals surface area (Å²) in [5.41, 5.74) is -0.255. The summed E-state index contributed by atoms with van der Waals surface area (Å²) in [6.07, 6.45) is 3.03. The van der Waals surface area contributed by atoms with E-state index in [1.54, 1.807) is 13.8 Å². The number of nitrogens with one attached hydrogen (secondary N) is 1. The Bertz CT molecular complexity index is 794. The molecule has 3 rings (SSSR count). The molecule has 1 fully saturated rings. The van der Waals surface area contributed by atoms with Crippen LogP contribution in [0.15, 0.2) is 12.1 Å². The van der Waals surface area contributed by atoms with Crippen LogP contribution in [0, 0.1) is 6.92 Å². The third-order valence-electron chi connectivity index (χ3n) is 4.26. The van der Waals surface area contributed by atoms with Crippen LogP contribution in [-0.4, -0.2) is 29.0 Å². The zero-order chi connectivity index (χ0) is 18.0. The molecule has 0 radical (unpaired) electrons. The third kappa shape index (κ3) is 3.73. The van der Waals surface area contributed by atoms with Gasteiger partial charge in [-0.05, 0) is 38.8 Å². The molecular formula is C17H19ClN2O3S2. The van der Waals surface area contributed by atoms with E-state index >= 15 is 0 Å². The number of ether oxygens (including phenoxy) is 1. The molecule has 5 nitrogen and oxygen atoms in total. The van der Waals surface area contributed by atoms with Crippen molar-refractivity contribution in [3.05, 3.63) is 27.0 Å². The van der Waals surface area contributed by atoms with Crippen molar-refractivity contribution in [3.8, 4) is 9.88 Å². The van der Waals surface area contributed by atoms with Gasteiger partial charge in [-0.2, -0.15) is 0 Å². The van der Waals surface area contributed by atoms with Gasteiger partial charge in [-0.25, -0.2) is 9.78 Å². The van der Waals surface area contributed by atoms with Gasteiger partial charge in [-0.1, -0.05) is 24.4 Å². The van der Waals surface area contributed by atoms with E-state index in [1.807, 2.05) is 12.1 Å². The van der Waals surface area contributed by atoms with Crippen LogP contribution in [0.5, 0.6) is 0 Å². The molecule has 2 heterocycles. The smallest absolute Gasteiger partial charge is 0.331 e. The molecule has 1 saturated carbocycles. The summed E-state index contributed by atoms with van der Waals surface area (Å²) in [6.45, 7) is 3.88. The number of nitrogens with zero attached hydrogens (tertiary/aromatic N) is 1. The Labute approximate surface area is 159 Å². The molecular weight excluding hydrogens is 380 g/mol. The second-order valence-electron chi connectivity index (χ2n) is 6.00. The Balaban J connectivity index is 1.83. The average Bonchev–Trinajstić information content (AvgIpc) is 3.28. The van der Waals surface area contributed by atoms with Crippen LogP contribution >= 0.6 is 34.3 Å². The first-order valence-corrected chi connectivity index (χ1v) is 10.2. The van der Waals surface area contributed by atoms with Gasteiger partial charge < -0.3 is 10.1 Å². The molecule has 0 spiro atoms. The first kappa shape index (κ1) is 18.4. The van der Waals surface area contributed by atoms with Crippen LogP contribution in [0.2, 0.25) is 4.34 Å². The number of carbonyl (C=O) groups excluding carboxylic acids is 2. The lowest BCUT2D eigenvalue weighted by molar-refractivity contribution is -0.150. The van der Waals surface area contributed by atoms with Gasteiger partial charge in [-0.3, -0.25) is 4.79 Å². The lowest BCUT2D eigenvalue weighted by atomic mass is 9.97. The van der Waals surface area contributed by atoms with Gasteiger partial charge in [0.15, 0.2) is 0 Å². The number of hydrogen-bond acceptors (Lipinski definition) is 6. The van der Waals surface area contributed by atoms with Crippen molar-refractivity contribution < 1.29 is 14.3 Å². The van der Waals surface area contributed by atoms with E-state index in [4.69, 9.17) is 16.3 Å². The standard InChI is InChI=1S/C17H19ClN2O3S2/c1-3-23-16(22)17(8-4-5-9-17)20-14(21)13-10(2)19-15(25-13)11-6-7-12(18)24-11/h6-7H,3-5,8-9H2,1-2H3,(H,20,21). The topological polar surface area (TPSA) is 68.3 Å². The van der Waals surface area contributed by atoms with Crippen molar-refractivity contribution in [2.45, 2.75) is 45.1 Å². The number of aromatic nitrogens is 1. The molecule has 0 saturated heterocycles. The minimum atomic E-state index is -0.907. The van der Waals surface area contributed by atoms with Crippen LogP contribution in [0.25, 0.3) is 9.88 Å². The summed E-state index contributed by atoms with van der Waals surface area (Å²) in [5.74, 6) is -0.605. The molecule has 0 bridgehead atoms. The summed E-state index contributed by atoms with van der Waals surface area (Å²) in [4.78, 5) is 31.1. The maximum Gasteiger partial charge on any atom is 0.331 e. The van der Waals surface area contributed by atoms with Crippen LogP contribution in [0.3, 0.4) is 0 Å². The van der Waals surface area contributed by atoms with Gasteiger partial charge in [0.2, 0.25) is 0 Å². The highest BCUT2D eigenvalue weighted by atomic mass is 35.5. The molecule has 25 heavy (non-hydrogen) atoms. The molecule has 2 aromatic heterocycles. The first-order valence-electron chi connectivity index (χ1n) is 8.18. The normalized spacial score (nSPS) is 16.0. The number of hydrogen-bond donors (Lipinski definition) is 1. The molecule has 1 N–H and O–H groups in total. The second-order valence-corrected chi connectivity index (χ2v) is 8.72. The number of esters is 1. The lowest BCUT2D eigenvalue weighted by Gasteiger charge is -2.27. The fourth-order valence-corrected chi connectivity index (χ4v) is 5.10. The fourth-order valence-electron chi connectivity index (χ4n) is 3.04. The summed E-state index contributed by atoms with van der Waals surface area (Å²) >= 11 is 8.72. The summed E-state index contributed by atoms with van der Waals surface area (Å²) in [5, 5.41) is 3.70. The Morgan fingerprint density at radius 1 is 1.32 bits per heavy atom. The van der Waals surface area contributed by atoms with Crippen molar-refractivity contribution in [2.24, 2.45) is 0 Å². The molecule has 0 aromatic carbocycles. The largest absolute Gasteiger partial charge is 0.464 e. The molecule has 134 valence electrons. The maximum atomic E-state index is 12.8. The van der Waals surface area contributed by atoms with Crippen molar-refractivity contribution >= 4 is 46.2 Å². The van der Waals surface area contributed by atoms with Crippen LogP contribution in [-0.2, 0) is 9.53 Å². The van der Waals surface area contributed by atoms with E-state index in [-0.39, 0.29) is 11.9 Å². The quantitative estimate of drug-likeness (QED) is 0.756. The molecule has 2 aromatic rings. The molecule has 1 aliphatic rings. The van der Waals surface area contributed by atoms with Crippen molar-refractivity contribution in [2.75, 3.05) is 6.61 Å². The number of amides is 1. The predicted molar refractivity (Wildman–Crippen MR) is 100 cm³/mol. The summed E-state index contributed by atoms with van der Waals surface area (Å²) in [6, 6.07) is 3.70.